The molecule has 0 aromatic heterocycles. The van der Waals surface area contributed by atoms with Gasteiger partial charge in [-0.2, -0.15) is 12.8 Å². The van der Waals surface area contributed by atoms with Crippen LogP contribution in [0, 0.1) is 24.6 Å². The number of hydrogen-bond donors (Lipinski definition) is 0. The van der Waals surface area contributed by atoms with E-state index in [1.54, 1.807) is 24.3 Å². The fourth-order valence-electron chi connectivity index (χ4n) is 2.69. The van der Waals surface area contributed by atoms with Crippen LogP contribution in [0.2, 0.25) is 0 Å². The summed E-state index contributed by atoms with van der Waals surface area (Å²) in [6.07, 6.45) is 4.60. The summed E-state index contributed by atoms with van der Waals surface area (Å²) in [6.45, 7) is 1.87. The zero-order chi connectivity index (χ0) is 21.8. The molecule has 0 fully saturated rings. The molecule has 7 heteroatoms. The van der Waals surface area contributed by atoms with Crippen molar-refractivity contribution in [3.63, 3.8) is 0 Å². The van der Waals surface area contributed by atoms with Crippen LogP contribution in [0.15, 0.2) is 81.6 Å². The molecule has 0 saturated carbocycles. The van der Waals surface area contributed by atoms with Crippen molar-refractivity contribution in [2.24, 2.45) is 4.40 Å². The molecular weight excluding hydrogens is 405 g/mol. The number of halogens is 1. The number of methoxy groups -OCH3 is 2. The molecule has 5 nitrogen and oxygen atoms in total. The van der Waals surface area contributed by atoms with Crippen molar-refractivity contribution in [3.05, 3.63) is 89.3 Å². The molecule has 0 unspecified atom stereocenters. The van der Waals surface area contributed by atoms with Crippen LogP contribution >= 0.6 is 0 Å². The topological polar surface area (TPSA) is 65.0 Å². The first-order valence-electron chi connectivity index (χ1n) is 8.99. The van der Waals surface area contributed by atoms with Gasteiger partial charge in [0.1, 0.15) is 5.82 Å². The Morgan fingerprint density at radius 3 is 2.20 bits per heavy atom. The molecule has 30 heavy (non-hydrogen) atoms. The van der Waals surface area contributed by atoms with Gasteiger partial charge in [-0.25, -0.2) is 4.39 Å². The average Bonchev–Trinajstić information content (AvgIpc) is 2.74. The normalized spacial score (nSPS) is 16.7. The second-order valence-electron chi connectivity index (χ2n) is 6.54. The van der Waals surface area contributed by atoms with Crippen molar-refractivity contribution in [2.75, 3.05) is 14.2 Å². The highest BCUT2D eigenvalue weighted by Gasteiger charge is 2.29. The van der Waals surface area contributed by atoms with E-state index in [1.807, 2.05) is 6.92 Å². The average molecular weight is 425 g/mol. The Balaban J connectivity index is 2.06. The van der Waals surface area contributed by atoms with Crippen LogP contribution in [-0.2, 0) is 19.5 Å². The molecule has 0 N–H and O–H groups in total. The highest BCUT2D eigenvalue weighted by atomic mass is 32.2. The fraction of sp³-hybridized carbons (Fsp3) is 0.174. The quantitative estimate of drug-likeness (QED) is 0.552. The highest BCUT2D eigenvalue weighted by Crippen LogP contribution is 2.25. The van der Waals surface area contributed by atoms with Crippen molar-refractivity contribution < 1.29 is 22.3 Å². The Morgan fingerprint density at radius 1 is 0.967 bits per heavy atom. The van der Waals surface area contributed by atoms with Crippen molar-refractivity contribution in [3.8, 4) is 11.8 Å². The minimum absolute atomic E-state index is 0.0789. The van der Waals surface area contributed by atoms with Gasteiger partial charge in [0.05, 0.1) is 16.2 Å². The largest absolute Gasteiger partial charge is 0.346 e. The van der Waals surface area contributed by atoms with Crippen LogP contribution in [0.4, 0.5) is 4.39 Å². The lowest BCUT2D eigenvalue weighted by molar-refractivity contribution is -0.133. The lowest BCUT2D eigenvalue weighted by Gasteiger charge is -2.27. The summed E-state index contributed by atoms with van der Waals surface area (Å²) in [4.78, 5) is 0.0789. The third kappa shape index (κ3) is 4.92. The number of benzene rings is 2. The summed E-state index contributed by atoms with van der Waals surface area (Å²) in [5.41, 5.74) is 1.96. The molecule has 0 radical (unpaired) electrons. The van der Waals surface area contributed by atoms with Crippen LogP contribution in [0.25, 0.3) is 0 Å². The van der Waals surface area contributed by atoms with E-state index in [1.165, 1.54) is 56.7 Å². The van der Waals surface area contributed by atoms with Gasteiger partial charge < -0.3 is 9.47 Å². The highest BCUT2D eigenvalue weighted by molar-refractivity contribution is 7.90. The number of nitrogens with zero attached hydrogens (tertiary/aromatic N) is 1. The first kappa shape index (κ1) is 21.7. The van der Waals surface area contributed by atoms with Gasteiger partial charge in [-0.15, -0.1) is 0 Å². The third-order valence-electron chi connectivity index (χ3n) is 4.46. The van der Waals surface area contributed by atoms with Crippen LogP contribution in [0.3, 0.4) is 0 Å². The number of allylic oxidation sites excluding steroid dienone is 2. The van der Waals surface area contributed by atoms with E-state index in [2.05, 4.69) is 16.2 Å². The Labute approximate surface area is 175 Å². The summed E-state index contributed by atoms with van der Waals surface area (Å²) < 4.78 is 53.4. The molecule has 0 amide bonds. The predicted octanol–water partition coefficient (Wildman–Crippen LogP) is 3.80. The van der Waals surface area contributed by atoms with E-state index < -0.39 is 15.8 Å². The van der Waals surface area contributed by atoms with Gasteiger partial charge in [0.2, 0.25) is 5.79 Å². The van der Waals surface area contributed by atoms with Crippen molar-refractivity contribution in [1.82, 2.24) is 0 Å². The maximum absolute atomic E-state index is 13.1. The molecule has 0 bridgehead atoms. The SMILES string of the molecule is COC1(OC)C=C/C(=N\S(=O)(=O)c2ccc(C)cc2)C(C#Cc2ccc(F)cc2)=C1. The summed E-state index contributed by atoms with van der Waals surface area (Å²) in [5.74, 6) is 4.22. The molecule has 3 rings (SSSR count). The van der Waals surface area contributed by atoms with Crippen molar-refractivity contribution >= 4 is 15.7 Å². The smallest absolute Gasteiger partial charge is 0.282 e. The van der Waals surface area contributed by atoms with Gasteiger partial charge in [-0.05, 0) is 61.5 Å². The lowest BCUT2D eigenvalue weighted by Crippen LogP contribution is -2.32. The van der Waals surface area contributed by atoms with Gasteiger partial charge in [-0.3, -0.25) is 0 Å². The van der Waals surface area contributed by atoms with Gasteiger partial charge in [0.25, 0.3) is 10.0 Å². The molecule has 0 spiro atoms. The standard InChI is InChI=1S/C23H20FNO4S/c1-17-4-12-21(13-5-17)30(26,27)25-22-14-15-23(28-2,29-3)16-19(22)9-6-18-7-10-20(24)11-8-18/h4-5,7-8,10-16H,1-3H3/b25-22+. The minimum atomic E-state index is -3.95. The molecule has 2 aromatic rings. The zero-order valence-electron chi connectivity index (χ0n) is 16.7. The molecule has 154 valence electrons. The molecule has 0 aliphatic heterocycles. The molecule has 0 saturated heterocycles. The minimum Gasteiger partial charge on any atom is -0.346 e. The second-order valence-corrected chi connectivity index (χ2v) is 8.15. The molecule has 2 aromatic carbocycles. The Kier molecular flexibility index (Phi) is 6.32. The van der Waals surface area contributed by atoms with E-state index >= 15 is 0 Å². The summed E-state index contributed by atoms with van der Waals surface area (Å²) in [5, 5.41) is 0. The number of hydrogen-bond acceptors (Lipinski definition) is 4. The van der Waals surface area contributed by atoms with Crippen LogP contribution in [0.1, 0.15) is 11.1 Å². The number of ether oxygens (including phenoxy) is 2. The van der Waals surface area contributed by atoms with Crippen LogP contribution in [-0.4, -0.2) is 34.1 Å². The summed E-state index contributed by atoms with van der Waals surface area (Å²) in [7, 11) is -1.03. The van der Waals surface area contributed by atoms with E-state index in [4.69, 9.17) is 9.47 Å². The maximum Gasteiger partial charge on any atom is 0.282 e. The third-order valence-corrected chi connectivity index (χ3v) is 5.76. The van der Waals surface area contributed by atoms with Crippen LogP contribution < -0.4 is 0 Å². The Hall–Kier alpha value is -3.05. The fourth-order valence-corrected chi connectivity index (χ4v) is 3.69. The second kappa shape index (κ2) is 8.76. The van der Waals surface area contributed by atoms with E-state index in [9.17, 15) is 12.8 Å². The van der Waals surface area contributed by atoms with E-state index in [-0.39, 0.29) is 16.4 Å². The summed E-state index contributed by atoms with van der Waals surface area (Å²) >= 11 is 0. The van der Waals surface area contributed by atoms with E-state index in [0.29, 0.717) is 11.1 Å². The van der Waals surface area contributed by atoms with Gasteiger partial charge in [-0.1, -0.05) is 29.5 Å². The van der Waals surface area contributed by atoms with Gasteiger partial charge in [0.15, 0.2) is 0 Å². The Morgan fingerprint density at radius 2 is 1.60 bits per heavy atom. The molecule has 1 aliphatic rings. The molecule has 0 heterocycles. The summed E-state index contributed by atoms with van der Waals surface area (Å²) in [6, 6.07) is 12.1. The lowest BCUT2D eigenvalue weighted by atomic mass is 9.99. The number of sulfonamides is 1. The predicted molar refractivity (Wildman–Crippen MR) is 113 cm³/mol. The molecule has 1 aliphatic carbocycles. The Bertz CT molecular complexity index is 1180. The number of rotatable bonds is 4. The first-order valence-corrected chi connectivity index (χ1v) is 10.4. The van der Waals surface area contributed by atoms with Crippen molar-refractivity contribution in [1.29, 1.82) is 0 Å². The van der Waals surface area contributed by atoms with Gasteiger partial charge in [0, 0.05) is 19.8 Å². The maximum atomic E-state index is 13.1. The molecular formula is C23H20FNO4S. The van der Waals surface area contributed by atoms with Crippen LogP contribution in [0.5, 0.6) is 0 Å². The van der Waals surface area contributed by atoms with Crippen molar-refractivity contribution in [2.45, 2.75) is 17.6 Å². The number of aryl methyl sites for hydroxylation is 1. The zero-order valence-corrected chi connectivity index (χ0v) is 17.5. The first-order chi connectivity index (χ1) is 14.3. The monoisotopic (exact) mass is 425 g/mol. The molecule has 0 atom stereocenters. The van der Waals surface area contributed by atoms with Gasteiger partial charge >= 0.3 is 0 Å². The van der Waals surface area contributed by atoms with E-state index in [0.717, 1.165) is 5.56 Å².